The van der Waals surface area contributed by atoms with E-state index in [-0.39, 0.29) is 0 Å². The second kappa shape index (κ2) is 8.28. The lowest BCUT2D eigenvalue weighted by Crippen LogP contribution is -2.01. The highest BCUT2D eigenvalue weighted by molar-refractivity contribution is 6.37. The van der Waals surface area contributed by atoms with Gasteiger partial charge in [-0.15, -0.1) is 0 Å². The Balaban J connectivity index is 1.67. The number of aryl methyl sites for hydroxylation is 1. The zero-order chi connectivity index (χ0) is 17.6. The number of anilines is 1. The maximum atomic E-state index is 6.37. The number of hydrogen-bond donors (Lipinski definition) is 1. The van der Waals surface area contributed by atoms with E-state index in [2.05, 4.69) is 24.4 Å². The molecule has 0 unspecified atom stereocenters. The van der Waals surface area contributed by atoms with Crippen molar-refractivity contribution in [1.82, 2.24) is 0 Å². The van der Waals surface area contributed by atoms with Crippen molar-refractivity contribution in [2.75, 3.05) is 5.32 Å². The average molecular weight is 372 g/mol. The van der Waals surface area contributed by atoms with E-state index in [1.54, 1.807) is 0 Å². The van der Waals surface area contributed by atoms with Crippen molar-refractivity contribution in [3.63, 3.8) is 0 Å². The Bertz CT molecular complexity index is 827. The first-order chi connectivity index (χ1) is 12.1. The lowest BCUT2D eigenvalue weighted by molar-refractivity contribution is 0.306. The summed E-state index contributed by atoms with van der Waals surface area (Å²) in [7, 11) is 0. The monoisotopic (exact) mass is 371 g/mol. The summed E-state index contributed by atoms with van der Waals surface area (Å²) < 4.78 is 5.80. The normalized spacial score (nSPS) is 10.5. The van der Waals surface area contributed by atoms with Gasteiger partial charge in [0.25, 0.3) is 0 Å². The van der Waals surface area contributed by atoms with E-state index in [0.717, 1.165) is 16.8 Å². The molecule has 3 rings (SSSR count). The van der Waals surface area contributed by atoms with Crippen LogP contribution in [0.5, 0.6) is 5.75 Å². The van der Waals surface area contributed by atoms with Crippen molar-refractivity contribution in [2.24, 2.45) is 0 Å². The first-order valence-electron chi connectivity index (χ1n) is 8.07. The fourth-order valence-corrected chi connectivity index (χ4v) is 3.18. The predicted octanol–water partition coefficient (Wildman–Crippen LogP) is 6.49. The molecule has 4 heteroatoms. The van der Waals surface area contributed by atoms with Gasteiger partial charge < -0.3 is 10.1 Å². The van der Waals surface area contributed by atoms with Crippen LogP contribution in [0.2, 0.25) is 10.0 Å². The van der Waals surface area contributed by atoms with E-state index >= 15 is 0 Å². The van der Waals surface area contributed by atoms with Gasteiger partial charge in [-0.05, 0) is 47.9 Å². The zero-order valence-corrected chi connectivity index (χ0v) is 15.4. The third kappa shape index (κ3) is 4.91. The molecule has 0 aromatic heterocycles. The molecule has 0 aliphatic heterocycles. The minimum absolute atomic E-state index is 0.432. The Labute approximate surface area is 158 Å². The number of nitrogens with one attached hydrogen (secondary N) is 1. The van der Waals surface area contributed by atoms with Gasteiger partial charge >= 0.3 is 0 Å². The largest absolute Gasteiger partial charge is 0.486 e. The summed E-state index contributed by atoms with van der Waals surface area (Å²) in [6, 6.07) is 21.9. The molecule has 0 bridgehead atoms. The quantitative estimate of drug-likeness (QED) is 0.534. The molecule has 0 fully saturated rings. The molecule has 1 N–H and O–H groups in total. The van der Waals surface area contributed by atoms with E-state index in [1.807, 2.05) is 54.6 Å². The third-order valence-electron chi connectivity index (χ3n) is 3.80. The van der Waals surface area contributed by atoms with Gasteiger partial charge in [0.1, 0.15) is 6.61 Å². The van der Waals surface area contributed by atoms with Crippen molar-refractivity contribution in [1.29, 1.82) is 0 Å². The van der Waals surface area contributed by atoms with Gasteiger partial charge in [-0.2, -0.15) is 0 Å². The molecule has 3 aromatic rings. The number of ether oxygens (including phenoxy) is 1. The van der Waals surface area contributed by atoms with E-state index in [4.69, 9.17) is 27.9 Å². The van der Waals surface area contributed by atoms with Crippen LogP contribution in [0.3, 0.4) is 0 Å². The van der Waals surface area contributed by atoms with Crippen LogP contribution in [-0.2, 0) is 13.2 Å². The fraction of sp³-hybridized carbons (Fsp3) is 0.143. The maximum Gasteiger partial charge on any atom is 0.156 e. The van der Waals surface area contributed by atoms with Gasteiger partial charge in [-0.3, -0.25) is 0 Å². The van der Waals surface area contributed by atoms with Crippen LogP contribution in [0.1, 0.15) is 16.7 Å². The molecule has 0 saturated heterocycles. The topological polar surface area (TPSA) is 21.3 Å². The van der Waals surface area contributed by atoms with Crippen LogP contribution < -0.4 is 10.1 Å². The van der Waals surface area contributed by atoms with E-state index in [1.165, 1.54) is 5.56 Å². The van der Waals surface area contributed by atoms with Crippen LogP contribution >= 0.6 is 23.2 Å². The number of rotatable bonds is 6. The summed E-state index contributed by atoms with van der Waals surface area (Å²) >= 11 is 12.7. The summed E-state index contributed by atoms with van der Waals surface area (Å²) in [5.74, 6) is 0.520. The number of halogens is 2. The summed E-state index contributed by atoms with van der Waals surface area (Å²) in [5, 5.41) is 4.41. The first kappa shape index (κ1) is 17.7. The third-order valence-corrected chi connectivity index (χ3v) is 4.36. The molecule has 0 aliphatic rings. The van der Waals surface area contributed by atoms with E-state index in [0.29, 0.717) is 28.9 Å². The lowest BCUT2D eigenvalue weighted by atomic mass is 10.2. The Kier molecular flexibility index (Phi) is 5.85. The van der Waals surface area contributed by atoms with Gasteiger partial charge in [0.05, 0.1) is 10.0 Å². The van der Waals surface area contributed by atoms with Crippen LogP contribution in [0, 0.1) is 6.92 Å². The molecule has 0 heterocycles. The first-order valence-corrected chi connectivity index (χ1v) is 8.82. The number of hydrogen-bond acceptors (Lipinski definition) is 2. The van der Waals surface area contributed by atoms with Gasteiger partial charge in [-0.1, -0.05) is 65.7 Å². The van der Waals surface area contributed by atoms with Crippen molar-refractivity contribution in [3.05, 3.63) is 93.5 Å². The van der Waals surface area contributed by atoms with Gasteiger partial charge in [0, 0.05) is 12.2 Å². The van der Waals surface area contributed by atoms with Gasteiger partial charge in [-0.25, -0.2) is 0 Å². The smallest absolute Gasteiger partial charge is 0.156 e. The van der Waals surface area contributed by atoms with Crippen molar-refractivity contribution in [3.8, 4) is 5.75 Å². The van der Waals surface area contributed by atoms with Crippen molar-refractivity contribution < 1.29 is 4.74 Å². The van der Waals surface area contributed by atoms with Crippen molar-refractivity contribution in [2.45, 2.75) is 20.1 Å². The van der Waals surface area contributed by atoms with Crippen LogP contribution in [0.15, 0.2) is 66.7 Å². The Morgan fingerprint density at radius 3 is 2.24 bits per heavy atom. The standard InChI is InChI=1S/C21H19Cl2NO/c1-15-6-5-9-18(10-15)24-13-17-11-19(22)21(20(23)12-17)25-14-16-7-3-2-4-8-16/h2-12,24H,13-14H2,1H3. The molecule has 25 heavy (non-hydrogen) atoms. The van der Waals surface area contributed by atoms with Crippen LogP contribution in [0.4, 0.5) is 5.69 Å². The number of benzene rings is 3. The minimum atomic E-state index is 0.432. The molecule has 0 saturated carbocycles. The molecule has 2 nitrogen and oxygen atoms in total. The van der Waals surface area contributed by atoms with Gasteiger partial charge in [0.15, 0.2) is 5.75 Å². The van der Waals surface area contributed by atoms with Crippen molar-refractivity contribution >= 4 is 28.9 Å². The van der Waals surface area contributed by atoms with Crippen LogP contribution in [0.25, 0.3) is 0 Å². The highest BCUT2D eigenvalue weighted by atomic mass is 35.5. The minimum Gasteiger partial charge on any atom is -0.486 e. The summed E-state index contributed by atoms with van der Waals surface area (Å²) in [6.45, 7) is 3.14. The molecule has 3 aromatic carbocycles. The fourth-order valence-electron chi connectivity index (χ4n) is 2.54. The highest BCUT2D eigenvalue weighted by Gasteiger charge is 2.10. The Morgan fingerprint density at radius 1 is 0.840 bits per heavy atom. The molecular formula is C21H19Cl2NO. The molecule has 0 aliphatic carbocycles. The second-order valence-electron chi connectivity index (χ2n) is 5.89. The zero-order valence-electron chi connectivity index (χ0n) is 13.9. The summed E-state index contributed by atoms with van der Waals surface area (Å²) in [5.41, 5.74) is 4.35. The summed E-state index contributed by atoms with van der Waals surface area (Å²) in [4.78, 5) is 0. The maximum absolute atomic E-state index is 6.37. The lowest BCUT2D eigenvalue weighted by Gasteiger charge is -2.13. The summed E-state index contributed by atoms with van der Waals surface area (Å²) in [6.07, 6.45) is 0. The average Bonchev–Trinajstić information content (AvgIpc) is 2.60. The molecule has 128 valence electrons. The Morgan fingerprint density at radius 2 is 1.56 bits per heavy atom. The molecule has 0 amide bonds. The molecule has 0 radical (unpaired) electrons. The molecular weight excluding hydrogens is 353 g/mol. The molecule has 0 atom stereocenters. The van der Waals surface area contributed by atoms with E-state index < -0.39 is 0 Å². The SMILES string of the molecule is Cc1cccc(NCc2cc(Cl)c(OCc3ccccc3)c(Cl)c2)c1. The van der Waals surface area contributed by atoms with E-state index in [9.17, 15) is 0 Å². The predicted molar refractivity (Wildman–Crippen MR) is 106 cm³/mol. The van der Waals surface area contributed by atoms with Crippen LogP contribution in [-0.4, -0.2) is 0 Å². The van der Waals surface area contributed by atoms with Gasteiger partial charge in [0.2, 0.25) is 0 Å². The molecule has 0 spiro atoms. The second-order valence-corrected chi connectivity index (χ2v) is 6.70. The Hall–Kier alpha value is -2.16. The highest BCUT2D eigenvalue weighted by Crippen LogP contribution is 2.35.